The second kappa shape index (κ2) is 7.93. The first kappa shape index (κ1) is 18.4. The van der Waals surface area contributed by atoms with E-state index in [0.717, 1.165) is 5.13 Å². The lowest BCUT2D eigenvalue weighted by Crippen LogP contribution is -2.50. The van der Waals surface area contributed by atoms with Gasteiger partial charge in [-0.1, -0.05) is 0 Å². The first-order valence-electron chi connectivity index (χ1n) is 8.65. The summed E-state index contributed by atoms with van der Waals surface area (Å²) in [5.74, 6) is -0.0272. The molecule has 0 bridgehead atoms. The number of nitrogens with one attached hydrogen (secondary N) is 1. The second-order valence-corrected chi connectivity index (χ2v) is 6.98. The van der Waals surface area contributed by atoms with Crippen LogP contribution in [0.4, 0.5) is 24.4 Å². The number of amides is 2. The van der Waals surface area contributed by atoms with Crippen molar-refractivity contribution in [2.75, 3.05) is 36.4 Å². The van der Waals surface area contributed by atoms with Crippen molar-refractivity contribution < 1.29 is 18.3 Å². The van der Waals surface area contributed by atoms with Crippen molar-refractivity contribution >= 4 is 39.1 Å². The largest absolute Gasteiger partial charge is 0.432 e. The average Bonchev–Trinajstić information content (AvgIpc) is 3.24. The van der Waals surface area contributed by atoms with Gasteiger partial charge < -0.3 is 19.9 Å². The van der Waals surface area contributed by atoms with Crippen LogP contribution in [-0.4, -0.2) is 53.7 Å². The monoisotopic (exact) mass is 405 g/mol. The number of pyridine rings is 1. The molecule has 10 heteroatoms. The number of urea groups is 1. The Hall–Kier alpha value is -3.01. The van der Waals surface area contributed by atoms with Crippen molar-refractivity contribution in [2.45, 2.75) is 6.61 Å². The van der Waals surface area contributed by atoms with Crippen LogP contribution in [0.25, 0.3) is 10.9 Å². The summed E-state index contributed by atoms with van der Waals surface area (Å²) in [6.07, 6.45) is 3.25. The van der Waals surface area contributed by atoms with Crippen LogP contribution in [0.5, 0.6) is 5.75 Å². The lowest BCUT2D eigenvalue weighted by atomic mass is 10.1. The number of fused-ring (bicyclic) bond motifs is 1. The van der Waals surface area contributed by atoms with Crippen LogP contribution in [0.15, 0.2) is 42.0 Å². The Morgan fingerprint density at radius 1 is 1.14 bits per heavy atom. The molecule has 1 aliphatic heterocycles. The number of nitrogens with zero attached hydrogens (tertiary/aromatic N) is 4. The van der Waals surface area contributed by atoms with Crippen LogP contribution in [-0.2, 0) is 0 Å². The van der Waals surface area contributed by atoms with Crippen LogP contribution in [0.3, 0.4) is 0 Å². The van der Waals surface area contributed by atoms with Crippen LogP contribution in [0.1, 0.15) is 0 Å². The summed E-state index contributed by atoms with van der Waals surface area (Å²) in [6, 6.07) is 6.07. The first-order valence-corrected chi connectivity index (χ1v) is 9.52. The van der Waals surface area contributed by atoms with E-state index in [1.54, 1.807) is 40.6 Å². The third kappa shape index (κ3) is 3.81. The minimum atomic E-state index is -2.94. The maximum absolute atomic E-state index is 12.7. The summed E-state index contributed by atoms with van der Waals surface area (Å²) in [6.45, 7) is -0.420. The number of hydrogen-bond acceptors (Lipinski definition) is 6. The fourth-order valence-corrected chi connectivity index (χ4v) is 3.81. The highest BCUT2D eigenvalue weighted by molar-refractivity contribution is 7.13. The van der Waals surface area contributed by atoms with Crippen LogP contribution in [0, 0.1) is 0 Å². The zero-order valence-corrected chi connectivity index (χ0v) is 15.5. The Kier molecular flexibility index (Phi) is 5.20. The maximum Gasteiger partial charge on any atom is 0.387 e. The predicted octanol–water partition coefficient (Wildman–Crippen LogP) is 3.65. The van der Waals surface area contributed by atoms with Gasteiger partial charge in [0.15, 0.2) is 10.9 Å². The molecule has 2 amide bonds. The van der Waals surface area contributed by atoms with E-state index in [0.29, 0.717) is 37.3 Å². The molecule has 28 heavy (non-hydrogen) atoms. The quantitative estimate of drug-likeness (QED) is 0.718. The Morgan fingerprint density at radius 2 is 1.96 bits per heavy atom. The van der Waals surface area contributed by atoms with E-state index < -0.39 is 6.61 Å². The molecule has 146 valence electrons. The van der Waals surface area contributed by atoms with Gasteiger partial charge >= 0.3 is 12.6 Å². The van der Waals surface area contributed by atoms with Crippen LogP contribution >= 0.6 is 11.3 Å². The number of rotatable bonds is 4. The van der Waals surface area contributed by atoms with Crippen molar-refractivity contribution in [3.05, 3.63) is 42.0 Å². The van der Waals surface area contributed by atoms with E-state index in [4.69, 9.17) is 0 Å². The number of anilines is 2. The molecule has 2 aromatic heterocycles. The van der Waals surface area contributed by atoms with Crippen molar-refractivity contribution in [1.82, 2.24) is 14.9 Å². The van der Waals surface area contributed by atoms with Crippen LogP contribution in [0.2, 0.25) is 0 Å². The van der Waals surface area contributed by atoms with Gasteiger partial charge in [0.25, 0.3) is 0 Å². The molecule has 0 unspecified atom stereocenters. The van der Waals surface area contributed by atoms with Gasteiger partial charge in [0.2, 0.25) is 0 Å². The maximum atomic E-state index is 12.7. The summed E-state index contributed by atoms with van der Waals surface area (Å²) >= 11 is 1.57. The predicted molar refractivity (Wildman–Crippen MR) is 103 cm³/mol. The van der Waals surface area contributed by atoms with Crippen LogP contribution < -0.4 is 15.0 Å². The molecule has 0 spiro atoms. The number of benzene rings is 1. The number of piperazine rings is 1. The third-order valence-electron chi connectivity index (χ3n) is 4.45. The molecule has 1 aliphatic rings. The highest BCUT2D eigenvalue weighted by atomic mass is 32.1. The van der Waals surface area contributed by atoms with Gasteiger partial charge in [0.1, 0.15) is 5.52 Å². The molecule has 3 aromatic rings. The highest BCUT2D eigenvalue weighted by Crippen LogP contribution is 2.31. The number of hydrogen-bond donors (Lipinski definition) is 1. The lowest BCUT2D eigenvalue weighted by Gasteiger charge is -2.34. The van der Waals surface area contributed by atoms with Crippen molar-refractivity contribution in [2.24, 2.45) is 0 Å². The average molecular weight is 405 g/mol. The van der Waals surface area contributed by atoms with Crippen molar-refractivity contribution in [1.29, 1.82) is 0 Å². The standard InChI is InChI=1S/C18H17F2N5O2S/c19-16(20)27-14-4-3-13(12-2-1-5-21-15(12)14)23-17(26)24-7-9-25(10-8-24)18-22-6-11-28-18/h1-6,11,16H,7-10H2,(H,23,26). The number of halogens is 2. The van der Waals surface area contributed by atoms with E-state index >= 15 is 0 Å². The topological polar surface area (TPSA) is 70.6 Å². The Bertz CT molecular complexity index is 962. The minimum absolute atomic E-state index is 0.0272. The molecular weight excluding hydrogens is 388 g/mol. The molecule has 0 atom stereocenters. The highest BCUT2D eigenvalue weighted by Gasteiger charge is 2.23. The Morgan fingerprint density at radius 3 is 2.68 bits per heavy atom. The smallest absolute Gasteiger partial charge is 0.387 e. The van der Waals surface area contributed by atoms with Gasteiger partial charge in [-0.3, -0.25) is 4.98 Å². The van der Waals surface area contributed by atoms with E-state index in [-0.39, 0.29) is 17.3 Å². The summed E-state index contributed by atoms with van der Waals surface area (Å²) in [5, 5.41) is 6.27. The molecule has 3 heterocycles. The first-order chi connectivity index (χ1) is 13.6. The number of ether oxygens (including phenoxy) is 1. The molecule has 1 N–H and O–H groups in total. The molecule has 7 nitrogen and oxygen atoms in total. The van der Waals surface area contributed by atoms with Gasteiger partial charge in [0.05, 0.1) is 5.69 Å². The van der Waals surface area contributed by atoms with Gasteiger partial charge in [-0.2, -0.15) is 8.78 Å². The molecular formula is C18H17F2N5O2S. The molecule has 1 aromatic carbocycles. The van der Waals surface area contributed by atoms with E-state index in [2.05, 4.69) is 24.9 Å². The number of thiazole rings is 1. The zero-order chi connectivity index (χ0) is 19.5. The second-order valence-electron chi connectivity index (χ2n) is 6.11. The Labute approximate surface area is 163 Å². The molecule has 4 rings (SSSR count). The number of aromatic nitrogens is 2. The molecule has 1 saturated heterocycles. The van der Waals surface area contributed by atoms with Gasteiger partial charge in [-0.15, -0.1) is 11.3 Å². The molecule has 0 saturated carbocycles. The van der Waals surface area contributed by atoms with E-state index in [1.165, 1.54) is 12.3 Å². The number of carbonyl (C=O) groups excluding carboxylic acids is 1. The minimum Gasteiger partial charge on any atom is -0.432 e. The zero-order valence-electron chi connectivity index (χ0n) is 14.7. The van der Waals surface area contributed by atoms with Gasteiger partial charge in [-0.05, 0) is 24.3 Å². The number of alkyl halides is 2. The molecule has 0 aliphatic carbocycles. The van der Waals surface area contributed by atoms with E-state index in [1.807, 2.05) is 5.38 Å². The third-order valence-corrected chi connectivity index (χ3v) is 5.28. The summed E-state index contributed by atoms with van der Waals surface area (Å²) in [4.78, 5) is 25.0. The Balaban J connectivity index is 1.47. The van der Waals surface area contributed by atoms with Gasteiger partial charge in [-0.25, -0.2) is 9.78 Å². The summed E-state index contributed by atoms with van der Waals surface area (Å²) < 4.78 is 29.7. The molecule has 0 radical (unpaired) electrons. The van der Waals surface area contributed by atoms with E-state index in [9.17, 15) is 13.6 Å². The SMILES string of the molecule is O=C(Nc1ccc(OC(F)F)c2ncccc12)N1CCN(c2nccs2)CC1. The fraction of sp³-hybridized carbons (Fsp3) is 0.278. The summed E-state index contributed by atoms with van der Waals surface area (Å²) in [7, 11) is 0. The normalized spacial score (nSPS) is 14.5. The summed E-state index contributed by atoms with van der Waals surface area (Å²) in [5.41, 5.74) is 0.770. The molecule has 1 fully saturated rings. The number of carbonyl (C=O) groups is 1. The lowest BCUT2D eigenvalue weighted by molar-refractivity contribution is -0.0489. The van der Waals surface area contributed by atoms with Crippen molar-refractivity contribution in [3.8, 4) is 5.75 Å². The van der Waals surface area contributed by atoms with Crippen molar-refractivity contribution in [3.63, 3.8) is 0 Å². The van der Waals surface area contributed by atoms with Gasteiger partial charge in [0, 0.05) is 49.3 Å². The fourth-order valence-electron chi connectivity index (χ4n) is 3.11.